The number of anilines is 1. The highest BCUT2D eigenvalue weighted by Crippen LogP contribution is 2.28. The first-order valence-corrected chi connectivity index (χ1v) is 6.07. The van der Waals surface area contributed by atoms with Gasteiger partial charge < -0.3 is 20.1 Å². The zero-order chi connectivity index (χ0) is 12.8. The summed E-state index contributed by atoms with van der Waals surface area (Å²) in [6.07, 6.45) is 0.826. The summed E-state index contributed by atoms with van der Waals surface area (Å²) in [5, 5.41) is 5.82. The van der Waals surface area contributed by atoms with Crippen LogP contribution in [0.3, 0.4) is 0 Å². The van der Waals surface area contributed by atoms with Crippen molar-refractivity contribution in [3.63, 3.8) is 0 Å². The van der Waals surface area contributed by atoms with Crippen molar-refractivity contribution < 1.29 is 14.3 Å². The first-order valence-electron chi connectivity index (χ1n) is 6.07. The number of likely N-dealkylation sites (N-methyl/N-ethyl adjacent to an activating group) is 1. The van der Waals surface area contributed by atoms with Crippen LogP contribution in [-0.2, 0) is 16.0 Å². The summed E-state index contributed by atoms with van der Waals surface area (Å²) >= 11 is 0. The maximum absolute atomic E-state index is 11.2. The SMILES string of the molecule is CNCCOCCc1ccc2c(c1)NC(=O)CO2. The van der Waals surface area contributed by atoms with Crippen LogP contribution in [0.1, 0.15) is 5.56 Å². The van der Waals surface area contributed by atoms with Crippen LogP contribution in [0.15, 0.2) is 18.2 Å². The van der Waals surface area contributed by atoms with Gasteiger partial charge in [-0.15, -0.1) is 0 Å². The van der Waals surface area contributed by atoms with Crippen LogP contribution in [0.25, 0.3) is 0 Å². The molecular formula is C13H18N2O3. The minimum Gasteiger partial charge on any atom is -0.482 e. The second-order valence-corrected chi connectivity index (χ2v) is 4.13. The molecule has 0 saturated carbocycles. The Bertz CT molecular complexity index is 421. The van der Waals surface area contributed by atoms with Crippen molar-refractivity contribution in [1.29, 1.82) is 0 Å². The molecule has 2 rings (SSSR count). The first kappa shape index (κ1) is 12.9. The Balaban J connectivity index is 1.86. The topological polar surface area (TPSA) is 59.6 Å². The Morgan fingerprint density at radius 2 is 2.33 bits per heavy atom. The molecule has 0 bridgehead atoms. The van der Waals surface area contributed by atoms with Gasteiger partial charge in [0, 0.05) is 6.54 Å². The molecule has 0 unspecified atom stereocenters. The van der Waals surface area contributed by atoms with Crippen LogP contribution >= 0.6 is 0 Å². The second-order valence-electron chi connectivity index (χ2n) is 4.13. The Morgan fingerprint density at radius 1 is 1.44 bits per heavy atom. The fourth-order valence-corrected chi connectivity index (χ4v) is 1.75. The smallest absolute Gasteiger partial charge is 0.262 e. The predicted octanol–water partition coefficient (Wildman–Crippen LogP) is 0.796. The monoisotopic (exact) mass is 250 g/mol. The van der Waals surface area contributed by atoms with E-state index in [1.54, 1.807) is 0 Å². The van der Waals surface area contributed by atoms with Crippen LogP contribution in [0.4, 0.5) is 5.69 Å². The summed E-state index contributed by atoms with van der Waals surface area (Å²) in [4.78, 5) is 11.2. The van der Waals surface area contributed by atoms with Crippen molar-refractivity contribution in [3.05, 3.63) is 23.8 Å². The predicted molar refractivity (Wildman–Crippen MR) is 69.0 cm³/mol. The summed E-state index contributed by atoms with van der Waals surface area (Å²) in [5.41, 5.74) is 1.88. The summed E-state index contributed by atoms with van der Waals surface area (Å²) in [6, 6.07) is 5.82. The third kappa shape index (κ3) is 3.45. The minimum absolute atomic E-state index is 0.0967. The fraction of sp³-hybridized carbons (Fsp3) is 0.462. The summed E-state index contributed by atoms with van der Waals surface area (Å²) in [6.45, 7) is 2.34. The number of hydrogen-bond acceptors (Lipinski definition) is 4. The van der Waals surface area contributed by atoms with Crippen LogP contribution in [-0.4, -0.2) is 39.3 Å². The molecule has 1 aromatic rings. The summed E-state index contributed by atoms with van der Waals surface area (Å²) in [5.74, 6) is 0.624. The number of nitrogens with one attached hydrogen (secondary N) is 2. The van der Waals surface area contributed by atoms with Gasteiger partial charge in [0.25, 0.3) is 5.91 Å². The van der Waals surface area contributed by atoms with Crippen molar-refractivity contribution in [2.75, 3.05) is 38.7 Å². The van der Waals surface area contributed by atoms with Crippen LogP contribution in [0.5, 0.6) is 5.75 Å². The lowest BCUT2D eigenvalue weighted by Crippen LogP contribution is -2.25. The Labute approximate surface area is 106 Å². The quantitative estimate of drug-likeness (QED) is 0.733. The Morgan fingerprint density at radius 3 is 3.17 bits per heavy atom. The van der Waals surface area contributed by atoms with Crippen LogP contribution in [0, 0.1) is 0 Å². The van der Waals surface area contributed by atoms with Gasteiger partial charge in [-0.05, 0) is 31.2 Å². The fourth-order valence-electron chi connectivity index (χ4n) is 1.75. The van der Waals surface area contributed by atoms with Gasteiger partial charge >= 0.3 is 0 Å². The molecule has 0 radical (unpaired) electrons. The number of carbonyl (C=O) groups is 1. The summed E-state index contributed by atoms with van der Waals surface area (Å²) in [7, 11) is 1.90. The van der Waals surface area contributed by atoms with E-state index in [1.165, 1.54) is 0 Å². The molecule has 0 fully saturated rings. The molecule has 0 spiro atoms. The van der Waals surface area contributed by atoms with Gasteiger partial charge in [-0.1, -0.05) is 6.07 Å². The molecule has 0 aliphatic carbocycles. The van der Waals surface area contributed by atoms with E-state index < -0.39 is 0 Å². The number of carbonyl (C=O) groups excluding carboxylic acids is 1. The van der Waals surface area contributed by atoms with Gasteiger partial charge in [0.1, 0.15) is 5.75 Å². The molecule has 5 nitrogen and oxygen atoms in total. The van der Waals surface area contributed by atoms with Gasteiger partial charge in [0.05, 0.1) is 18.9 Å². The number of amides is 1. The van der Waals surface area contributed by atoms with E-state index in [9.17, 15) is 4.79 Å². The molecule has 5 heteroatoms. The highest BCUT2D eigenvalue weighted by molar-refractivity contribution is 5.95. The maximum Gasteiger partial charge on any atom is 0.262 e. The molecule has 0 aromatic heterocycles. The molecule has 18 heavy (non-hydrogen) atoms. The van der Waals surface area contributed by atoms with E-state index in [1.807, 2.05) is 25.2 Å². The molecule has 1 aliphatic rings. The molecule has 0 atom stereocenters. The number of rotatable bonds is 6. The largest absolute Gasteiger partial charge is 0.482 e. The Hall–Kier alpha value is -1.59. The van der Waals surface area contributed by atoms with Gasteiger partial charge in [-0.3, -0.25) is 4.79 Å². The first-order chi connectivity index (χ1) is 8.79. The zero-order valence-electron chi connectivity index (χ0n) is 10.5. The molecule has 1 aliphatic heterocycles. The zero-order valence-corrected chi connectivity index (χ0v) is 10.5. The molecule has 0 saturated heterocycles. The highest BCUT2D eigenvalue weighted by Gasteiger charge is 2.15. The van der Waals surface area contributed by atoms with Crippen LogP contribution < -0.4 is 15.4 Å². The van der Waals surface area contributed by atoms with E-state index in [4.69, 9.17) is 9.47 Å². The van der Waals surface area contributed by atoms with Crippen molar-refractivity contribution in [1.82, 2.24) is 5.32 Å². The van der Waals surface area contributed by atoms with Gasteiger partial charge in [0.15, 0.2) is 6.61 Å². The van der Waals surface area contributed by atoms with Crippen LogP contribution in [0.2, 0.25) is 0 Å². The molecule has 1 aromatic carbocycles. The second kappa shape index (κ2) is 6.37. The Kier molecular flexibility index (Phi) is 4.55. The number of fused-ring (bicyclic) bond motifs is 1. The third-order valence-corrected chi connectivity index (χ3v) is 2.71. The standard InChI is InChI=1S/C13H18N2O3/c1-14-5-7-17-6-4-10-2-3-12-11(8-10)15-13(16)9-18-12/h2-3,8,14H,4-7,9H2,1H3,(H,15,16). The maximum atomic E-state index is 11.2. The highest BCUT2D eigenvalue weighted by atomic mass is 16.5. The van der Waals surface area contributed by atoms with Gasteiger partial charge in [0.2, 0.25) is 0 Å². The lowest BCUT2D eigenvalue weighted by atomic mass is 10.1. The van der Waals surface area contributed by atoms with Gasteiger partial charge in [-0.2, -0.15) is 0 Å². The van der Waals surface area contributed by atoms with Crippen molar-refractivity contribution in [2.45, 2.75) is 6.42 Å². The molecule has 1 amide bonds. The van der Waals surface area contributed by atoms with Crippen molar-refractivity contribution >= 4 is 11.6 Å². The third-order valence-electron chi connectivity index (χ3n) is 2.71. The van der Waals surface area contributed by atoms with Crippen molar-refractivity contribution in [2.24, 2.45) is 0 Å². The van der Waals surface area contributed by atoms with E-state index >= 15 is 0 Å². The van der Waals surface area contributed by atoms with Crippen molar-refractivity contribution in [3.8, 4) is 5.75 Å². The normalized spacial score (nSPS) is 13.7. The average molecular weight is 250 g/mol. The number of hydrogen-bond donors (Lipinski definition) is 2. The lowest BCUT2D eigenvalue weighted by molar-refractivity contribution is -0.118. The van der Waals surface area contributed by atoms with E-state index in [2.05, 4.69) is 10.6 Å². The average Bonchev–Trinajstić information content (AvgIpc) is 2.38. The minimum atomic E-state index is -0.107. The van der Waals surface area contributed by atoms with E-state index in [0.717, 1.165) is 30.0 Å². The summed E-state index contributed by atoms with van der Waals surface area (Å²) < 4.78 is 10.8. The molecule has 1 heterocycles. The van der Waals surface area contributed by atoms with E-state index in [-0.39, 0.29) is 12.5 Å². The molecular weight excluding hydrogens is 232 g/mol. The molecule has 2 N–H and O–H groups in total. The number of benzene rings is 1. The molecule has 98 valence electrons. The van der Waals surface area contributed by atoms with E-state index in [0.29, 0.717) is 13.2 Å². The lowest BCUT2D eigenvalue weighted by Gasteiger charge is -2.18. The number of ether oxygens (including phenoxy) is 2. The van der Waals surface area contributed by atoms with Gasteiger partial charge in [-0.25, -0.2) is 0 Å².